The van der Waals surface area contributed by atoms with Crippen molar-refractivity contribution in [3.05, 3.63) is 65.0 Å². The SMILES string of the molecule is Cc1ccc2sc(C(=O)Nc3ccccc3)cc2c1. The van der Waals surface area contributed by atoms with Gasteiger partial charge >= 0.3 is 0 Å². The number of aryl methyl sites for hydroxylation is 1. The molecule has 3 rings (SSSR count). The number of fused-ring (bicyclic) bond motifs is 1. The second-order valence-electron chi connectivity index (χ2n) is 4.47. The summed E-state index contributed by atoms with van der Waals surface area (Å²) in [4.78, 5) is 12.9. The van der Waals surface area contributed by atoms with Crippen LogP contribution >= 0.6 is 11.3 Å². The predicted octanol–water partition coefficient (Wildman–Crippen LogP) is 4.46. The van der Waals surface area contributed by atoms with E-state index in [0.29, 0.717) is 0 Å². The van der Waals surface area contributed by atoms with E-state index >= 15 is 0 Å². The molecule has 1 aromatic heterocycles. The molecule has 2 nitrogen and oxygen atoms in total. The maximum Gasteiger partial charge on any atom is 0.265 e. The van der Waals surface area contributed by atoms with Gasteiger partial charge in [-0.3, -0.25) is 4.79 Å². The third kappa shape index (κ3) is 2.51. The van der Waals surface area contributed by atoms with Crippen LogP contribution in [0.1, 0.15) is 15.2 Å². The minimum atomic E-state index is -0.0509. The highest BCUT2D eigenvalue weighted by Crippen LogP contribution is 2.27. The fourth-order valence-corrected chi connectivity index (χ4v) is 2.93. The van der Waals surface area contributed by atoms with Gasteiger partial charge in [-0.05, 0) is 36.6 Å². The van der Waals surface area contributed by atoms with Gasteiger partial charge in [-0.15, -0.1) is 11.3 Å². The zero-order valence-electron chi connectivity index (χ0n) is 10.5. The van der Waals surface area contributed by atoms with E-state index in [2.05, 4.69) is 30.4 Å². The van der Waals surface area contributed by atoms with E-state index < -0.39 is 0 Å². The van der Waals surface area contributed by atoms with Crippen molar-refractivity contribution in [1.82, 2.24) is 0 Å². The van der Waals surface area contributed by atoms with Crippen molar-refractivity contribution in [1.29, 1.82) is 0 Å². The Morgan fingerprint density at radius 1 is 1.05 bits per heavy atom. The highest BCUT2D eigenvalue weighted by Gasteiger charge is 2.10. The molecule has 0 aliphatic carbocycles. The lowest BCUT2D eigenvalue weighted by Crippen LogP contribution is -2.09. The number of amides is 1. The quantitative estimate of drug-likeness (QED) is 0.729. The zero-order chi connectivity index (χ0) is 13.2. The average Bonchev–Trinajstić information content (AvgIpc) is 2.83. The molecule has 0 bridgehead atoms. The predicted molar refractivity (Wildman–Crippen MR) is 81.0 cm³/mol. The summed E-state index contributed by atoms with van der Waals surface area (Å²) in [5.74, 6) is -0.0509. The number of hydrogen-bond acceptors (Lipinski definition) is 2. The van der Waals surface area contributed by atoms with Gasteiger partial charge in [0.1, 0.15) is 0 Å². The van der Waals surface area contributed by atoms with Crippen molar-refractivity contribution < 1.29 is 4.79 Å². The van der Waals surface area contributed by atoms with Crippen molar-refractivity contribution in [2.45, 2.75) is 6.92 Å². The van der Waals surface area contributed by atoms with E-state index in [4.69, 9.17) is 0 Å². The molecule has 3 heteroatoms. The van der Waals surface area contributed by atoms with Crippen molar-refractivity contribution in [3.8, 4) is 0 Å². The molecule has 0 spiro atoms. The molecule has 0 aliphatic heterocycles. The second kappa shape index (κ2) is 4.86. The summed E-state index contributed by atoms with van der Waals surface area (Å²) < 4.78 is 1.14. The molecule has 1 N–H and O–H groups in total. The van der Waals surface area contributed by atoms with Crippen LogP contribution in [-0.4, -0.2) is 5.91 Å². The van der Waals surface area contributed by atoms with Crippen LogP contribution in [0.5, 0.6) is 0 Å². The average molecular weight is 267 g/mol. The van der Waals surface area contributed by atoms with E-state index in [1.165, 1.54) is 16.9 Å². The summed E-state index contributed by atoms with van der Waals surface area (Å²) >= 11 is 1.52. The van der Waals surface area contributed by atoms with Gasteiger partial charge in [0, 0.05) is 10.4 Å². The van der Waals surface area contributed by atoms with E-state index in [1.54, 1.807) is 0 Å². The van der Waals surface area contributed by atoms with Crippen LogP contribution in [0.2, 0.25) is 0 Å². The van der Waals surface area contributed by atoms with Crippen LogP contribution in [-0.2, 0) is 0 Å². The normalized spacial score (nSPS) is 10.6. The van der Waals surface area contributed by atoms with Crippen LogP contribution in [0.25, 0.3) is 10.1 Å². The lowest BCUT2D eigenvalue weighted by molar-refractivity contribution is 0.103. The van der Waals surface area contributed by atoms with E-state index in [0.717, 1.165) is 20.7 Å². The van der Waals surface area contributed by atoms with Gasteiger partial charge in [0.2, 0.25) is 0 Å². The number of carbonyl (C=O) groups excluding carboxylic acids is 1. The fourth-order valence-electron chi connectivity index (χ4n) is 1.99. The Bertz CT molecular complexity index is 731. The van der Waals surface area contributed by atoms with Gasteiger partial charge in [0.05, 0.1) is 4.88 Å². The summed E-state index contributed by atoms with van der Waals surface area (Å²) in [6.07, 6.45) is 0. The molecular formula is C16H13NOS. The number of nitrogens with one attached hydrogen (secondary N) is 1. The number of rotatable bonds is 2. The highest BCUT2D eigenvalue weighted by molar-refractivity contribution is 7.20. The van der Waals surface area contributed by atoms with Crippen molar-refractivity contribution in [2.24, 2.45) is 0 Å². The van der Waals surface area contributed by atoms with E-state index in [9.17, 15) is 4.79 Å². The minimum Gasteiger partial charge on any atom is -0.321 e. The molecule has 0 atom stereocenters. The Morgan fingerprint density at radius 3 is 2.63 bits per heavy atom. The van der Waals surface area contributed by atoms with Crippen LogP contribution < -0.4 is 5.32 Å². The first-order chi connectivity index (χ1) is 9.22. The Morgan fingerprint density at radius 2 is 1.84 bits per heavy atom. The molecule has 0 aliphatic rings. The van der Waals surface area contributed by atoms with Gasteiger partial charge in [-0.2, -0.15) is 0 Å². The van der Waals surface area contributed by atoms with Crippen LogP contribution in [0.3, 0.4) is 0 Å². The molecule has 1 amide bonds. The Hall–Kier alpha value is -2.13. The van der Waals surface area contributed by atoms with E-state index in [-0.39, 0.29) is 5.91 Å². The number of hydrogen-bond donors (Lipinski definition) is 1. The van der Waals surface area contributed by atoms with Gasteiger partial charge in [0.15, 0.2) is 0 Å². The summed E-state index contributed by atoms with van der Waals surface area (Å²) in [5, 5.41) is 4.03. The first-order valence-electron chi connectivity index (χ1n) is 6.09. The first-order valence-corrected chi connectivity index (χ1v) is 6.90. The Balaban J connectivity index is 1.89. The van der Waals surface area contributed by atoms with Crippen molar-refractivity contribution >= 4 is 33.0 Å². The molecule has 0 saturated carbocycles. The van der Waals surface area contributed by atoms with Crippen LogP contribution in [0.4, 0.5) is 5.69 Å². The number of anilines is 1. The van der Waals surface area contributed by atoms with E-state index in [1.807, 2.05) is 36.4 Å². The molecular weight excluding hydrogens is 254 g/mol. The number of benzene rings is 2. The molecule has 0 fully saturated rings. The van der Waals surface area contributed by atoms with Gasteiger partial charge in [-0.25, -0.2) is 0 Å². The monoisotopic (exact) mass is 267 g/mol. The van der Waals surface area contributed by atoms with Gasteiger partial charge < -0.3 is 5.32 Å². The lowest BCUT2D eigenvalue weighted by atomic mass is 10.2. The molecule has 19 heavy (non-hydrogen) atoms. The molecule has 2 aromatic carbocycles. The fraction of sp³-hybridized carbons (Fsp3) is 0.0625. The summed E-state index contributed by atoms with van der Waals surface area (Å²) in [6.45, 7) is 2.06. The molecule has 0 unspecified atom stereocenters. The largest absolute Gasteiger partial charge is 0.321 e. The smallest absolute Gasteiger partial charge is 0.265 e. The van der Waals surface area contributed by atoms with Crippen molar-refractivity contribution in [2.75, 3.05) is 5.32 Å². The standard InChI is InChI=1S/C16H13NOS/c1-11-7-8-14-12(9-11)10-15(19-14)16(18)17-13-5-3-2-4-6-13/h2-10H,1H3,(H,17,18). The van der Waals surface area contributed by atoms with Crippen LogP contribution in [0, 0.1) is 6.92 Å². The molecule has 1 heterocycles. The number of carbonyl (C=O) groups is 1. The minimum absolute atomic E-state index is 0.0509. The number of para-hydroxylation sites is 1. The summed E-state index contributed by atoms with van der Waals surface area (Å²) in [7, 11) is 0. The third-order valence-corrected chi connectivity index (χ3v) is 4.04. The van der Waals surface area contributed by atoms with Crippen LogP contribution in [0.15, 0.2) is 54.6 Å². The molecule has 0 radical (unpaired) electrons. The zero-order valence-corrected chi connectivity index (χ0v) is 11.3. The summed E-state index contributed by atoms with van der Waals surface area (Å²) in [6, 6.07) is 17.7. The second-order valence-corrected chi connectivity index (χ2v) is 5.56. The first kappa shape index (κ1) is 11.9. The number of thiophene rings is 1. The Kier molecular flexibility index (Phi) is 3.05. The third-order valence-electron chi connectivity index (χ3n) is 2.93. The van der Waals surface area contributed by atoms with Gasteiger partial charge in [0.25, 0.3) is 5.91 Å². The van der Waals surface area contributed by atoms with Gasteiger partial charge in [-0.1, -0.05) is 35.9 Å². The van der Waals surface area contributed by atoms with Crippen molar-refractivity contribution in [3.63, 3.8) is 0 Å². The molecule has 3 aromatic rings. The molecule has 0 saturated heterocycles. The topological polar surface area (TPSA) is 29.1 Å². The maximum absolute atomic E-state index is 12.2. The maximum atomic E-state index is 12.2. The Labute approximate surface area is 115 Å². The molecule has 94 valence electrons. The lowest BCUT2D eigenvalue weighted by Gasteiger charge is -2.01. The summed E-state index contributed by atoms with van der Waals surface area (Å²) in [5.41, 5.74) is 2.03. The highest BCUT2D eigenvalue weighted by atomic mass is 32.1.